The number of benzene rings is 1. The maximum Gasteiger partial charge on any atom is 0.410 e. The van der Waals surface area contributed by atoms with Gasteiger partial charge in [-0.3, -0.25) is 0 Å². The molecule has 0 saturated carbocycles. The summed E-state index contributed by atoms with van der Waals surface area (Å²) in [4.78, 5) is 25.4. The van der Waals surface area contributed by atoms with E-state index in [9.17, 15) is 13.2 Å². The summed E-state index contributed by atoms with van der Waals surface area (Å²) in [5.41, 5.74) is 0.843. The minimum absolute atomic E-state index is 0.0234. The van der Waals surface area contributed by atoms with Crippen molar-refractivity contribution in [1.29, 1.82) is 0 Å². The number of amides is 1. The molecule has 2 aromatic rings. The van der Waals surface area contributed by atoms with E-state index >= 15 is 0 Å². The van der Waals surface area contributed by atoms with Gasteiger partial charge in [0.15, 0.2) is 15.6 Å². The van der Waals surface area contributed by atoms with Crippen molar-refractivity contribution < 1.29 is 22.7 Å². The molecular weight excluding hydrogens is 444 g/mol. The summed E-state index contributed by atoms with van der Waals surface area (Å²) in [5, 5.41) is 0. The number of unbranched alkanes of at least 4 members (excludes halogenated alkanes) is 1. The van der Waals surface area contributed by atoms with E-state index in [0.717, 1.165) is 18.4 Å². The molecule has 0 radical (unpaired) electrons. The van der Waals surface area contributed by atoms with Gasteiger partial charge in [0.2, 0.25) is 5.95 Å². The highest BCUT2D eigenvalue weighted by molar-refractivity contribution is 7.90. The summed E-state index contributed by atoms with van der Waals surface area (Å²) < 4.78 is 34.2. The van der Waals surface area contributed by atoms with Crippen LogP contribution in [0.15, 0.2) is 41.6 Å². The molecule has 0 spiro atoms. The van der Waals surface area contributed by atoms with Crippen molar-refractivity contribution in [2.75, 3.05) is 30.9 Å². The number of hydrogen-bond donors (Lipinski definition) is 0. The molecule has 1 aromatic heterocycles. The van der Waals surface area contributed by atoms with Crippen molar-refractivity contribution in [2.24, 2.45) is 0 Å². The summed E-state index contributed by atoms with van der Waals surface area (Å²) in [6.45, 7) is 7.96. The van der Waals surface area contributed by atoms with Gasteiger partial charge in [-0.1, -0.05) is 25.5 Å². The molecule has 9 nitrogen and oxygen atoms in total. The Bertz CT molecular complexity index is 1030. The van der Waals surface area contributed by atoms with Crippen LogP contribution in [0.4, 0.5) is 10.7 Å². The van der Waals surface area contributed by atoms with Gasteiger partial charge in [-0.15, -0.1) is 0 Å². The fraction of sp³-hybridized carbons (Fsp3) is 0.522. The average Bonchev–Trinajstić information content (AvgIpc) is 2.79. The van der Waals surface area contributed by atoms with Gasteiger partial charge < -0.3 is 19.3 Å². The SMILES string of the molecule is CCCCOC(=O)N1CC(C)N(c2ncc(OCc3ccc(S(C)(=O)=O)cc3)cn2)CC1C. The number of rotatable bonds is 8. The summed E-state index contributed by atoms with van der Waals surface area (Å²) in [7, 11) is -3.22. The zero-order valence-electron chi connectivity index (χ0n) is 19.6. The molecule has 3 rings (SSSR count). The first-order valence-electron chi connectivity index (χ1n) is 11.1. The lowest BCUT2D eigenvalue weighted by Crippen LogP contribution is -2.58. The van der Waals surface area contributed by atoms with E-state index in [1.54, 1.807) is 41.6 Å². The second kappa shape index (κ2) is 10.8. The second-order valence-corrected chi connectivity index (χ2v) is 10.4. The molecular formula is C23H32N4O5S. The van der Waals surface area contributed by atoms with Gasteiger partial charge in [-0.2, -0.15) is 0 Å². The van der Waals surface area contributed by atoms with Crippen LogP contribution < -0.4 is 9.64 Å². The summed E-state index contributed by atoms with van der Waals surface area (Å²) in [6.07, 6.45) is 6.00. The number of sulfone groups is 1. The first kappa shape index (κ1) is 24.8. The zero-order valence-corrected chi connectivity index (χ0v) is 20.4. The molecule has 0 bridgehead atoms. The first-order valence-corrected chi connectivity index (χ1v) is 13.0. The van der Waals surface area contributed by atoms with E-state index in [-0.39, 0.29) is 29.7 Å². The first-order chi connectivity index (χ1) is 15.7. The highest BCUT2D eigenvalue weighted by atomic mass is 32.2. The Morgan fingerprint density at radius 1 is 1.09 bits per heavy atom. The molecule has 1 amide bonds. The maximum atomic E-state index is 12.4. The molecule has 1 aromatic carbocycles. The van der Waals surface area contributed by atoms with Crippen molar-refractivity contribution in [3.63, 3.8) is 0 Å². The molecule has 2 atom stereocenters. The molecule has 0 aliphatic carbocycles. The molecule has 0 N–H and O–H groups in total. The monoisotopic (exact) mass is 476 g/mol. The number of aromatic nitrogens is 2. The standard InChI is InChI=1S/C23H32N4O5S/c1-5-6-11-31-23(28)27-15-17(2)26(14-18(27)3)22-24-12-20(13-25-22)32-16-19-7-9-21(10-8-19)33(4,29)30/h7-10,12-13,17-18H,5-6,11,14-16H2,1-4H3. The topological polar surface area (TPSA) is 102 Å². The third-order valence-corrected chi connectivity index (χ3v) is 6.70. The van der Waals surface area contributed by atoms with E-state index in [1.165, 1.54) is 6.26 Å². The van der Waals surface area contributed by atoms with Gasteiger partial charge in [0, 0.05) is 31.4 Å². The Morgan fingerprint density at radius 3 is 2.36 bits per heavy atom. The van der Waals surface area contributed by atoms with Crippen molar-refractivity contribution in [3.05, 3.63) is 42.2 Å². The maximum absolute atomic E-state index is 12.4. The van der Waals surface area contributed by atoms with E-state index in [1.807, 2.05) is 13.8 Å². The molecule has 33 heavy (non-hydrogen) atoms. The fourth-order valence-corrected chi connectivity index (χ4v) is 4.21. The lowest BCUT2D eigenvalue weighted by atomic mass is 10.1. The third-order valence-electron chi connectivity index (χ3n) is 5.57. The van der Waals surface area contributed by atoms with Crippen molar-refractivity contribution in [1.82, 2.24) is 14.9 Å². The minimum atomic E-state index is -3.22. The van der Waals surface area contributed by atoms with Gasteiger partial charge in [0.1, 0.15) is 6.61 Å². The largest absolute Gasteiger partial charge is 0.486 e. The van der Waals surface area contributed by atoms with Crippen LogP contribution in [0.3, 0.4) is 0 Å². The quantitative estimate of drug-likeness (QED) is 0.535. The van der Waals surface area contributed by atoms with Gasteiger partial charge >= 0.3 is 6.09 Å². The molecule has 1 saturated heterocycles. The van der Waals surface area contributed by atoms with Crippen LogP contribution in [0.5, 0.6) is 5.75 Å². The summed E-state index contributed by atoms with van der Waals surface area (Å²) in [6, 6.07) is 6.60. The number of piperazine rings is 1. The molecule has 1 fully saturated rings. The molecule has 2 heterocycles. The van der Waals surface area contributed by atoms with Crippen LogP contribution >= 0.6 is 0 Å². The summed E-state index contributed by atoms with van der Waals surface area (Å²) in [5.74, 6) is 1.10. The van der Waals surface area contributed by atoms with Gasteiger partial charge in [-0.05, 0) is 38.0 Å². The molecule has 1 aliphatic heterocycles. The number of nitrogens with zero attached hydrogens (tertiary/aromatic N) is 4. The average molecular weight is 477 g/mol. The molecule has 1 aliphatic rings. The van der Waals surface area contributed by atoms with Crippen LogP contribution in [0, 0.1) is 0 Å². The minimum Gasteiger partial charge on any atom is -0.486 e. The smallest absolute Gasteiger partial charge is 0.410 e. The number of ether oxygens (including phenoxy) is 2. The van der Waals surface area contributed by atoms with E-state index in [4.69, 9.17) is 9.47 Å². The Labute approximate surface area is 195 Å². The Hall–Kier alpha value is -2.88. The predicted molar refractivity (Wildman–Crippen MR) is 125 cm³/mol. The van der Waals surface area contributed by atoms with Crippen molar-refractivity contribution >= 4 is 21.9 Å². The lowest BCUT2D eigenvalue weighted by Gasteiger charge is -2.43. The molecule has 2 unspecified atom stereocenters. The fourth-order valence-electron chi connectivity index (χ4n) is 3.58. The van der Waals surface area contributed by atoms with E-state index < -0.39 is 9.84 Å². The number of carbonyl (C=O) groups is 1. The highest BCUT2D eigenvalue weighted by Gasteiger charge is 2.34. The number of carbonyl (C=O) groups excluding carboxylic acids is 1. The van der Waals surface area contributed by atoms with Crippen molar-refractivity contribution in [2.45, 2.75) is 57.2 Å². The van der Waals surface area contributed by atoms with Crippen LogP contribution in [-0.4, -0.2) is 67.4 Å². The van der Waals surface area contributed by atoms with Gasteiger partial charge in [0.05, 0.1) is 23.9 Å². The zero-order chi connectivity index (χ0) is 24.0. The molecule has 10 heteroatoms. The van der Waals surface area contributed by atoms with Crippen molar-refractivity contribution in [3.8, 4) is 5.75 Å². The predicted octanol–water partition coefficient (Wildman–Crippen LogP) is 3.29. The number of hydrogen-bond acceptors (Lipinski definition) is 8. The third kappa shape index (κ3) is 6.56. The van der Waals surface area contributed by atoms with E-state index in [2.05, 4.69) is 21.8 Å². The normalized spacial score (nSPS) is 18.8. The van der Waals surface area contributed by atoms with Crippen LogP contribution in [0.2, 0.25) is 0 Å². The highest BCUT2D eigenvalue weighted by Crippen LogP contribution is 2.22. The van der Waals surface area contributed by atoms with Crippen LogP contribution in [0.25, 0.3) is 0 Å². The Balaban J connectivity index is 1.56. The van der Waals surface area contributed by atoms with Gasteiger partial charge in [0.25, 0.3) is 0 Å². The Kier molecular flexibility index (Phi) is 8.12. The van der Waals surface area contributed by atoms with Gasteiger partial charge in [-0.25, -0.2) is 23.2 Å². The lowest BCUT2D eigenvalue weighted by molar-refractivity contribution is 0.0779. The molecule has 180 valence electrons. The number of anilines is 1. The van der Waals surface area contributed by atoms with Crippen LogP contribution in [-0.2, 0) is 21.2 Å². The summed E-state index contributed by atoms with van der Waals surface area (Å²) >= 11 is 0. The second-order valence-electron chi connectivity index (χ2n) is 8.39. The van der Waals surface area contributed by atoms with Crippen LogP contribution in [0.1, 0.15) is 39.2 Å². The van der Waals surface area contributed by atoms with E-state index in [0.29, 0.717) is 31.4 Å². The Morgan fingerprint density at radius 2 is 1.76 bits per heavy atom.